The Labute approximate surface area is 123 Å². The molecule has 1 heterocycles. The summed E-state index contributed by atoms with van der Waals surface area (Å²) in [7, 11) is 1.76. The lowest BCUT2D eigenvalue weighted by molar-refractivity contribution is 0.0984. The van der Waals surface area contributed by atoms with Crippen LogP contribution in [0, 0.1) is 25.5 Å². The lowest BCUT2D eigenvalue weighted by Crippen LogP contribution is -2.11. The van der Waals surface area contributed by atoms with Crippen molar-refractivity contribution in [2.75, 3.05) is 0 Å². The normalized spacial score (nSPS) is 10.9. The third-order valence-corrected chi connectivity index (χ3v) is 3.93. The Bertz CT molecular complexity index is 695. The predicted molar refractivity (Wildman–Crippen MR) is 74.8 cm³/mol. The van der Waals surface area contributed by atoms with Crippen molar-refractivity contribution in [2.45, 2.75) is 20.3 Å². The second-order valence-corrected chi connectivity index (χ2v) is 5.45. The molecule has 3 nitrogen and oxygen atoms in total. The number of carbonyl (C=O) groups excluding carboxylic acids is 1. The summed E-state index contributed by atoms with van der Waals surface area (Å²) in [5.74, 6) is -2.32. The Morgan fingerprint density at radius 3 is 2.55 bits per heavy atom. The zero-order valence-electron chi connectivity index (χ0n) is 11.3. The molecule has 0 amide bonds. The van der Waals surface area contributed by atoms with E-state index in [4.69, 9.17) is 0 Å². The summed E-state index contributed by atoms with van der Waals surface area (Å²) in [6.45, 7) is 3.58. The number of Topliss-reactive ketones (excluding diaryl/α,β-unsaturated/α-hetero) is 1. The zero-order valence-corrected chi connectivity index (χ0v) is 12.9. The molecule has 2 rings (SSSR count). The van der Waals surface area contributed by atoms with Gasteiger partial charge < -0.3 is 0 Å². The fraction of sp³-hybridized carbons (Fsp3) is 0.286. The van der Waals surface area contributed by atoms with Crippen LogP contribution in [0.1, 0.15) is 27.3 Å². The highest BCUT2D eigenvalue weighted by molar-refractivity contribution is 9.10. The third-order valence-electron chi connectivity index (χ3n) is 3.32. The molecule has 0 aliphatic heterocycles. The van der Waals surface area contributed by atoms with Gasteiger partial charge in [0.1, 0.15) is 5.82 Å². The maximum atomic E-state index is 13.9. The highest BCUT2D eigenvalue weighted by Crippen LogP contribution is 2.24. The standard InChI is InChI=1S/C14H13BrF2N2O/c1-7-9(8(2)19(3)18-7)6-12(20)13-11(16)5-4-10(15)14(13)17/h4-5H,6H2,1-3H3. The van der Waals surface area contributed by atoms with Crippen molar-refractivity contribution in [3.63, 3.8) is 0 Å². The predicted octanol–water partition coefficient (Wildman–Crippen LogP) is 3.50. The van der Waals surface area contributed by atoms with Crippen LogP contribution in [0.2, 0.25) is 0 Å². The van der Waals surface area contributed by atoms with Crippen LogP contribution in [0.4, 0.5) is 8.78 Å². The van der Waals surface area contributed by atoms with Gasteiger partial charge in [0.2, 0.25) is 0 Å². The molecule has 1 aromatic carbocycles. The molecule has 0 N–H and O–H groups in total. The topological polar surface area (TPSA) is 34.9 Å². The van der Waals surface area contributed by atoms with Crippen molar-refractivity contribution in [3.8, 4) is 0 Å². The van der Waals surface area contributed by atoms with E-state index in [1.165, 1.54) is 6.07 Å². The van der Waals surface area contributed by atoms with Gasteiger partial charge in [0.15, 0.2) is 11.6 Å². The van der Waals surface area contributed by atoms with Gasteiger partial charge in [-0.2, -0.15) is 5.10 Å². The Hall–Kier alpha value is -1.56. The zero-order chi connectivity index (χ0) is 15.0. The summed E-state index contributed by atoms with van der Waals surface area (Å²) >= 11 is 2.96. The Morgan fingerprint density at radius 1 is 1.35 bits per heavy atom. The first-order valence-corrected chi connectivity index (χ1v) is 6.78. The fourth-order valence-corrected chi connectivity index (χ4v) is 2.44. The molecule has 106 valence electrons. The van der Waals surface area contributed by atoms with Crippen LogP contribution in [0.3, 0.4) is 0 Å². The van der Waals surface area contributed by atoms with Crippen molar-refractivity contribution >= 4 is 21.7 Å². The lowest BCUT2D eigenvalue weighted by atomic mass is 10.0. The van der Waals surface area contributed by atoms with Crippen molar-refractivity contribution in [1.82, 2.24) is 9.78 Å². The van der Waals surface area contributed by atoms with Gasteiger partial charge in [0, 0.05) is 24.7 Å². The summed E-state index contributed by atoms with van der Waals surface area (Å²) in [6, 6.07) is 2.31. The molecule has 0 saturated carbocycles. The molecule has 0 atom stereocenters. The van der Waals surface area contributed by atoms with Crippen molar-refractivity contribution < 1.29 is 13.6 Å². The number of hydrogen-bond donors (Lipinski definition) is 0. The van der Waals surface area contributed by atoms with Gasteiger partial charge >= 0.3 is 0 Å². The van der Waals surface area contributed by atoms with E-state index >= 15 is 0 Å². The van der Waals surface area contributed by atoms with Crippen molar-refractivity contribution in [3.05, 3.63) is 50.8 Å². The molecular weight excluding hydrogens is 330 g/mol. The minimum Gasteiger partial charge on any atom is -0.294 e. The van der Waals surface area contributed by atoms with E-state index in [2.05, 4.69) is 21.0 Å². The monoisotopic (exact) mass is 342 g/mol. The summed E-state index contributed by atoms with van der Waals surface area (Å²) in [5.41, 5.74) is 1.69. The van der Waals surface area contributed by atoms with Crippen LogP contribution in [0.25, 0.3) is 0 Å². The maximum absolute atomic E-state index is 13.9. The lowest BCUT2D eigenvalue weighted by Gasteiger charge is -2.06. The van der Waals surface area contributed by atoms with Crippen LogP contribution in [0.15, 0.2) is 16.6 Å². The van der Waals surface area contributed by atoms with Gasteiger partial charge in [-0.1, -0.05) is 0 Å². The number of ketones is 1. The molecule has 1 aromatic heterocycles. The SMILES string of the molecule is Cc1nn(C)c(C)c1CC(=O)c1c(F)ccc(Br)c1F. The van der Waals surface area contributed by atoms with E-state index in [0.717, 1.165) is 11.8 Å². The summed E-state index contributed by atoms with van der Waals surface area (Å²) < 4.78 is 29.3. The Morgan fingerprint density at radius 2 is 2.00 bits per heavy atom. The number of hydrogen-bond acceptors (Lipinski definition) is 2. The fourth-order valence-electron chi connectivity index (χ4n) is 2.10. The van der Waals surface area contributed by atoms with Crippen LogP contribution in [-0.4, -0.2) is 15.6 Å². The Kier molecular flexibility index (Phi) is 4.04. The first-order valence-electron chi connectivity index (χ1n) is 5.98. The molecular formula is C14H13BrF2N2O. The summed E-state index contributed by atoms with van der Waals surface area (Å²) in [5, 5.41) is 4.19. The van der Waals surface area contributed by atoms with E-state index < -0.39 is 23.0 Å². The third kappa shape index (κ3) is 2.52. The first-order chi connectivity index (χ1) is 9.32. The largest absolute Gasteiger partial charge is 0.294 e. The molecule has 0 aliphatic carbocycles. The molecule has 0 unspecified atom stereocenters. The minimum absolute atomic E-state index is 0.0712. The first kappa shape index (κ1) is 14.8. The summed E-state index contributed by atoms with van der Waals surface area (Å²) in [4.78, 5) is 12.2. The van der Waals surface area contributed by atoms with Gasteiger partial charge in [0.25, 0.3) is 0 Å². The molecule has 20 heavy (non-hydrogen) atoms. The second-order valence-electron chi connectivity index (χ2n) is 4.59. The van der Waals surface area contributed by atoms with Crippen molar-refractivity contribution in [1.29, 1.82) is 0 Å². The molecule has 0 spiro atoms. The number of benzene rings is 1. The maximum Gasteiger partial charge on any atom is 0.173 e. The molecule has 0 radical (unpaired) electrons. The van der Waals surface area contributed by atoms with Crippen LogP contribution < -0.4 is 0 Å². The van der Waals surface area contributed by atoms with E-state index in [0.29, 0.717) is 11.3 Å². The van der Waals surface area contributed by atoms with E-state index in [1.54, 1.807) is 18.7 Å². The summed E-state index contributed by atoms with van der Waals surface area (Å²) in [6.07, 6.45) is -0.0736. The number of halogens is 3. The molecule has 2 aromatic rings. The molecule has 0 saturated heterocycles. The van der Waals surface area contributed by atoms with E-state index in [-0.39, 0.29) is 10.9 Å². The highest BCUT2D eigenvalue weighted by Gasteiger charge is 2.22. The minimum atomic E-state index is -0.866. The van der Waals surface area contributed by atoms with Crippen LogP contribution >= 0.6 is 15.9 Å². The number of aromatic nitrogens is 2. The molecule has 0 bridgehead atoms. The van der Waals surface area contributed by atoms with Gasteiger partial charge in [-0.25, -0.2) is 8.78 Å². The smallest absolute Gasteiger partial charge is 0.173 e. The quantitative estimate of drug-likeness (QED) is 0.632. The Balaban J connectivity index is 2.41. The van der Waals surface area contributed by atoms with Gasteiger partial charge in [-0.3, -0.25) is 9.48 Å². The molecule has 6 heteroatoms. The molecule has 0 fully saturated rings. The highest BCUT2D eigenvalue weighted by atomic mass is 79.9. The average molecular weight is 343 g/mol. The average Bonchev–Trinajstić information content (AvgIpc) is 2.61. The number of carbonyl (C=O) groups is 1. The van der Waals surface area contributed by atoms with Gasteiger partial charge in [-0.15, -0.1) is 0 Å². The van der Waals surface area contributed by atoms with Crippen LogP contribution in [0.5, 0.6) is 0 Å². The second kappa shape index (κ2) is 5.44. The van der Waals surface area contributed by atoms with Gasteiger partial charge in [-0.05, 0) is 41.9 Å². The van der Waals surface area contributed by atoms with E-state index in [9.17, 15) is 13.6 Å². The number of nitrogens with zero attached hydrogens (tertiary/aromatic N) is 2. The van der Waals surface area contributed by atoms with Crippen molar-refractivity contribution in [2.24, 2.45) is 7.05 Å². The number of aryl methyl sites for hydroxylation is 2. The molecule has 0 aliphatic rings. The van der Waals surface area contributed by atoms with Crippen LogP contribution in [-0.2, 0) is 13.5 Å². The number of rotatable bonds is 3. The van der Waals surface area contributed by atoms with E-state index in [1.807, 2.05) is 6.92 Å². The van der Waals surface area contributed by atoms with Gasteiger partial charge in [0.05, 0.1) is 15.7 Å².